The minimum Gasteiger partial charge on any atom is -0.459 e. The molecule has 2 aliphatic carbocycles. The molecule has 40 heavy (non-hydrogen) atoms. The number of rotatable bonds is 13. The van der Waals surface area contributed by atoms with E-state index in [0.29, 0.717) is 38.8 Å². The molecule has 1 aromatic carbocycles. The first kappa shape index (κ1) is 28.8. The summed E-state index contributed by atoms with van der Waals surface area (Å²) in [6, 6.07) is 8.04. The zero-order valence-corrected chi connectivity index (χ0v) is 23.6. The van der Waals surface area contributed by atoms with Gasteiger partial charge in [0.05, 0.1) is 31.9 Å². The van der Waals surface area contributed by atoms with Crippen LogP contribution in [0.2, 0.25) is 0 Å². The van der Waals surface area contributed by atoms with Gasteiger partial charge in [-0.05, 0) is 62.1 Å². The van der Waals surface area contributed by atoms with E-state index in [1.165, 1.54) is 19.3 Å². The highest BCUT2D eigenvalue weighted by Crippen LogP contribution is 2.45. The summed E-state index contributed by atoms with van der Waals surface area (Å²) in [7, 11) is 0. The van der Waals surface area contributed by atoms with E-state index in [4.69, 9.17) is 24.1 Å². The second-order valence-corrected chi connectivity index (χ2v) is 11.1. The van der Waals surface area contributed by atoms with Crippen LogP contribution in [0.15, 0.2) is 42.3 Å². The van der Waals surface area contributed by atoms with Crippen LogP contribution in [0.1, 0.15) is 62.2 Å². The average molecular weight is 555 g/mol. The molecule has 1 amide bonds. The van der Waals surface area contributed by atoms with Crippen LogP contribution in [0.5, 0.6) is 0 Å². The molecule has 2 fully saturated rings. The number of para-hydroxylation sites is 1. The maximum Gasteiger partial charge on any atom is 0.286 e. The van der Waals surface area contributed by atoms with Crippen LogP contribution in [0, 0.1) is 17.8 Å². The number of aromatic nitrogens is 1. The fraction of sp³-hybridized carbons (Fsp3) is 0.613. The molecule has 2 bridgehead atoms. The van der Waals surface area contributed by atoms with Crippen molar-refractivity contribution in [3.63, 3.8) is 0 Å². The molecule has 2 saturated carbocycles. The molecular weight excluding hydrogens is 512 g/mol. The topological polar surface area (TPSA) is 108 Å². The number of carbonyl (C=O) groups excluding carboxylic acids is 2. The standard InChI is InChI=1S/C31H42N2O7/c1-3-39-31-24(10-12-37-14-15-38-13-11-34)25(26-19-33(20(2)35)28-7-5-4-6-23(26)28)18-29(40-31)30(36)32-27-17-21-8-9-22(27)16-21/h4-7,18-19,21-22,24-25,27,31,34H,3,8-17H2,1-2H3,(H,32,36)/t21?,22?,24-,25-,27?,31+/m0/s1. The molecule has 9 heteroatoms. The van der Waals surface area contributed by atoms with Crippen LogP contribution in [0.4, 0.5) is 0 Å². The van der Waals surface area contributed by atoms with Gasteiger partial charge in [0, 0.05) is 49.6 Å². The Labute approximate surface area is 235 Å². The normalized spacial score (nSPS) is 27.5. The number of hydrogen-bond donors (Lipinski definition) is 2. The summed E-state index contributed by atoms with van der Waals surface area (Å²) in [6.45, 7) is 5.43. The maximum absolute atomic E-state index is 13.6. The first-order valence-electron chi connectivity index (χ1n) is 14.7. The van der Waals surface area contributed by atoms with E-state index in [2.05, 4.69) is 5.32 Å². The number of allylic oxidation sites excluding steroid dienone is 1. The molecule has 3 aliphatic rings. The van der Waals surface area contributed by atoms with Gasteiger partial charge in [0.25, 0.3) is 5.91 Å². The summed E-state index contributed by atoms with van der Waals surface area (Å²) >= 11 is 0. The highest BCUT2D eigenvalue weighted by atomic mass is 16.7. The number of ether oxygens (including phenoxy) is 4. The van der Waals surface area contributed by atoms with Crippen LogP contribution < -0.4 is 5.32 Å². The van der Waals surface area contributed by atoms with E-state index < -0.39 is 6.29 Å². The Morgan fingerprint density at radius 3 is 2.60 bits per heavy atom. The van der Waals surface area contributed by atoms with Crippen LogP contribution >= 0.6 is 0 Å². The number of carbonyl (C=O) groups is 2. The molecule has 9 nitrogen and oxygen atoms in total. The van der Waals surface area contributed by atoms with Gasteiger partial charge in [0.1, 0.15) is 0 Å². The molecule has 0 radical (unpaired) electrons. The third kappa shape index (κ3) is 6.28. The first-order chi connectivity index (χ1) is 19.5. The van der Waals surface area contributed by atoms with Crippen molar-refractivity contribution >= 4 is 22.7 Å². The van der Waals surface area contributed by atoms with Crippen LogP contribution in [0.3, 0.4) is 0 Å². The lowest BCUT2D eigenvalue weighted by Gasteiger charge is -2.37. The summed E-state index contributed by atoms with van der Waals surface area (Å²) in [4.78, 5) is 26.1. The molecule has 218 valence electrons. The third-order valence-electron chi connectivity index (χ3n) is 8.64. The first-order valence-corrected chi connectivity index (χ1v) is 14.7. The van der Waals surface area contributed by atoms with Crippen molar-refractivity contribution < 1.29 is 33.6 Å². The van der Waals surface area contributed by atoms with Gasteiger partial charge in [0.2, 0.25) is 12.2 Å². The summed E-state index contributed by atoms with van der Waals surface area (Å²) in [5.74, 6) is 0.901. The average Bonchev–Trinajstić information content (AvgIpc) is 3.68. The summed E-state index contributed by atoms with van der Waals surface area (Å²) < 4.78 is 25.2. The highest BCUT2D eigenvalue weighted by Gasteiger charge is 2.43. The van der Waals surface area contributed by atoms with E-state index >= 15 is 0 Å². The summed E-state index contributed by atoms with van der Waals surface area (Å²) in [5, 5.41) is 13.1. The largest absolute Gasteiger partial charge is 0.459 e. The van der Waals surface area contributed by atoms with Crippen molar-refractivity contribution in [3.05, 3.63) is 47.9 Å². The van der Waals surface area contributed by atoms with Gasteiger partial charge in [-0.3, -0.25) is 14.2 Å². The molecule has 2 N–H and O–H groups in total. The number of benzene rings is 1. The molecule has 1 aliphatic heterocycles. The monoisotopic (exact) mass is 554 g/mol. The van der Waals surface area contributed by atoms with Gasteiger partial charge in [-0.15, -0.1) is 0 Å². The fourth-order valence-corrected chi connectivity index (χ4v) is 6.79. The number of nitrogens with one attached hydrogen (secondary N) is 1. The zero-order valence-electron chi connectivity index (χ0n) is 23.6. The van der Waals surface area contributed by atoms with Gasteiger partial charge in [-0.1, -0.05) is 24.6 Å². The predicted octanol–water partition coefficient (Wildman–Crippen LogP) is 4.00. The Balaban J connectivity index is 1.43. The molecule has 0 spiro atoms. The van der Waals surface area contributed by atoms with Crippen molar-refractivity contribution in [2.75, 3.05) is 39.6 Å². The molecule has 6 atom stereocenters. The van der Waals surface area contributed by atoms with Gasteiger partial charge in [-0.25, -0.2) is 0 Å². The molecule has 5 rings (SSSR count). The minimum absolute atomic E-state index is 0.0186. The van der Waals surface area contributed by atoms with Crippen LogP contribution in [-0.2, 0) is 23.7 Å². The van der Waals surface area contributed by atoms with Crippen molar-refractivity contribution in [3.8, 4) is 0 Å². The Kier molecular flexibility index (Phi) is 9.57. The number of aliphatic hydroxyl groups is 1. The third-order valence-corrected chi connectivity index (χ3v) is 8.64. The fourth-order valence-electron chi connectivity index (χ4n) is 6.79. The minimum atomic E-state index is -0.644. The smallest absolute Gasteiger partial charge is 0.286 e. The van der Waals surface area contributed by atoms with Gasteiger partial charge < -0.3 is 29.4 Å². The lowest BCUT2D eigenvalue weighted by Crippen LogP contribution is -2.43. The van der Waals surface area contributed by atoms with E-state index in [1.807, 2.05) is 43.5 Å². The Morgan fingerprint density at radius 2 is 1.90 bits per heavy atom. The lowest BCUT2D eigenvalue weighted by atomic mass is 9.81. The summed E-state index contributed by atoms with van der Waals surface area (Å²) in [6.07, 6.45) is 8.47. The van der Waals surface area contributed by atoms with E-state index in [0.717, 1.165) is 28.8 Å². The molecule has 2 aromatic rings. The molecule has 2 heterocycles. The van der Waals surface area contributed by atoms with E-state index in [9.17, 15) is 9.59 Å². The SMILES string of the molecule is CCO[C@@H]1OC(C(=O)NC2CC3CCC2C3)=C[C@H](c2cn(C(C)=O)c3ccccc23)[C@@H]1CCOCCOCCO. The molecular formula is C31H42N2O7. The zero-order chi connectivity index (χ0) is 28.1. The van der Waals surface area contributed by atoms with E-state index in [-0.39, 0.29) is 48.7 Å². The van der Waals surface area contributed by atoms with Crippen molar-refractivity contribution in [1.29, 1.82) is 0 Å². The quantitative estimate of drug-likeness (QED) is 0.361. The van der Waals surface area contributed by atoms with E-state index in [1.54, 1.807) is 11.5 Å². The maximum atomic E-state index is 13.6. The number of aliphatic hydroxyl groups excluding tert-OH is 1. The van der Waals surface area contributed by atoms with Gasteiger partial charge in [-0.2, -0.15) is 0 Å². The van der Waals surface area contributed by atoms with Gasteiger partial charge in [0.15, 0.2) is 5.76 Å². The Morgan fingerprint density at radius 1 is 1.10 bits per heavy atom. The second kappa shape index (κ2) is 13.3. The molecule has 3 unspecified atom stereocenters. The van der Waals surface area contributed by atoms with Crippen LogP contribution in [-0.4, -0.2) is 73.5 Å². The predicted molar refractivity (Wildman–Crippen MR) is 150 cm³/mol. The Bertz CT molecular complexity index is 1210. The highest BCUT2D eigenvalue weighted by molar-refractivity contribution is 5.95. The number of fused-ring (bicyclic) bond motifs is 3. The van der Waals surface area contributed by atoms with Crippen molar-refractivity contribution in [2.24, 2.45) is 17.8 Å². The van der Waals surface area contributed by atoms with Crippen molar-refractivity contribution in [2.45, 2.75) is 64.2 Å². The number of nitrogens with zero attached hydrogens (tertiary/aromatic N) is 1. The second-order valence-electron chi connectivity index (χ2n) is 11.1. The molecule has 1 aromatic heterocycles. The molecule has 0 saturated heterocycles. The van der Waals surface area contributed by atoms with Crippen LogP contribution in [0.25, 0.3) is 10.9 Å². The number of hydrogen-bond acceptors (Lipinski definition) is 7. The van der Waals surface area contributed by atoms with Crippen molar-refractivity contribution in [1.82, 2.24) is 9.88 Å². The van der Waals surface area contributed by atoms with Gasteiger partial charge >= 0.3 is 0 Å². The lowest BCUT2D eigenvalue weighted by molar-refractivity contribution is -0.168. The summed E-state index contributed by atoms with van der Waals surface area (Å²) in [5.41, 5.74) is 1.79. The number of amides is 1. The Hall–Kier alpha value is -2.72.